The lowest BCUT2D eigenvalue weighted by Gasteiger charge is -2.22. The molecule has 0 saturated carbocycles. The van der Waals surface area contributed by atoms with E-state index in [1.54, 1.807) is 0 Å². The molecule has 0 bridgehead atoms. The van der Waals surface area contributed by atoms with Crippen molar-refractivity contribution < 1.29 is 5.11 Å². The van der Waals surface area contributed by atoms with Crippen molar-refractivity contribution in [3.8, 4) is 0 Å². The number of rotatable bonds is 1. The lowest BCUT2D eigenvalue weighted by Crippen LogP contribution is -2.49. The molecule has 0 aromatic rings. The van der Waals surface area contributed by atoms with Crippen LogP contribution in [0.5, 0.6) is 0 Å². The van der Waals surface area contributed by atoms with Crippen LogP contribution in [0.15, 0.2) is 4.99 Å². The Morgan fingerprint density at radius 2 is 2.54 bits per heavy atom. The Morgan fingerprint density at radius 1 is 1.62 bits per heavy atom. The highest BCUT2D eigenvalue weighted by atomic mass is 32.2. The molecule has 13 heavy (non-hydrogen) atoms. The molecule has 0 aromatic carbocycles. The molecular formula is C8H15N3OS. The van der Waals surface area contributed by atoms with E-state index in [9.17, 15) is 5.11 Å². The summed E-state index contributed by atoms with van der Waals surface area (Å²) in [5.74, 6) is 3.27. The average Bonchev–Trinajstić information content (AvgIpc) is 2.62. The summed E-state index contributed by atoms with van der Waals surface area (Å²) in [6.45, 7) is 1.14. The van der Waals surface area contributed by atoms with E-state index in [1.807, 2.05) is 11.8 Å². The Bertz CT molecular complexity index is 204. The summed E-state index contributed by atoms with van der Waals surface area (Å²) < 4.78 is 0. The Labute approximate surface area is 82.2 Å². The van der Waals surface area contributed by atoms with E-state index in [1.165, 1.54) is 17.9 Å². The van der Waals surface area contributed by atoms with Gasteiger partial charge >= 0.3 is 0 Å². The minimum Gasteiger partial charge on any atom is -0.389 e. The zero-order valence-electron chi connectivity index (χ0n) is 7.49. The first-order chi connectivity index (χ1) is 6.34. The van der Waals surface area contributed by atoms with E-state index in [-0.39, 0.29) is 6.10 Å². The van der Waals surface area contributed by atoms with Crippen molar-refractivity contribution in [2.75, 3.05) is 24.6 Å². The quantitative estimate of drug-likeness (QED) is 0.530. The van der Waals surface area contributed by atoms with E-state index in [0.29, 0.717) is 19.1 Å². The van der Waals surface area contributed by atoms with Crippen molar-refractivity contribution >= 4 is 17.7 Å². The van der Waals surface area contributed by atoms with Gasteiger partial charge in [-0.15, -0.1) is 0 Å². The minimum absolute atomic E-state index is 0.316. The first-order valence-electron chi connectivity index (χ1n) is 4.65. The van der Waals surface area contributed by atoms with Gasteiger partial charge in [0.25, 0.3) is 0 Å². The van der Waals surface area contributed by atoms with Crippen molar-refractivity contribution in [3.05, 3.63) is 0 Å². The molecule has 0 amide bonds. The molecule has 3 N–H and O–H groups in total. The summed E-state index contributed by atoms with van der Waals surface area (Å²) in [6.07, 6.45) is 0.900. The first-order valence-corrected chi connectivity index (χ1v) is 5.81. The largest absolute Gasteiger partial charge is 0.389 e. The van der Waals surface area contributed by atoms with Crippen molar-refractivity contribution in [1.29, 1.82) is 0 Å². The molecule has 1 saturated heterocycles. The zero-order chi connectivity index (χ0) is 9.10. The van der Waals surface area contributed by atoms with Gasteiger partial charge in [0.05, 0.1) is 12.6 Å². The molecular weight excluding hydrogens is 186 g/mol. The topological polar surface area (TPSA) is 56.7 Å². The van der Waals surface area contributed by atoms with Crippen molar-refractivity contribution in [2.24, 2.45) is 4.99 Å². The Kier molecular flexibility index (Phi) is 2.95. The number of β-amino-alcohol motifs (C(OH)–C–C–N with tert-alkyl or cyclic N) is 1. The predicted octanol–water partition coefficient (Wildman–Crippen LogP) is -0.598. The molecule has 0 aromatic heterocycles. The number of aliphatic hydroxyl groups is 1. The standard InChI is InChI=1S/C8H15N3OS/c12-7-3-9-8(10-4-7)11-6-1-2-13-5-6/h6-7,12H,1-5H2,(H2,9,10,11). The highest BCUT2D eigenvalue weighted by Crippen LogP contribution is 2.16. The Hall–Kier alpha value is -0.420. The van der Waals surface area contributed by atoms with Gasteiger partial charge in [0, 0.05) is 18.3 Å². The molecule has 1 fully saturated rings. The van der Waals surface area contributed by atoms with Gasteiger partial charge in [-0.2, -0.15) is 11.8 Å². The van der Waals surface area contributed by atoms with E-state index in [2.05, 4.69) is 15.6 Å². The summed E-state index contributed by atoms with van der Waals surface area (Å²) in [6, 6.07) is 0.562. The molecule has 2 aliphatic rings. The number of aliphatic hydroxyl groups excluding tert-OH is 1. The summed E-state index contributed by atoms with van der Waals surface area (Å²) in [4.78, 5) is 4.21. The smallest absolute Gasteiger partial charge is 0.191 e. The summed E-state index contributed by atoms with van der Waals surface area (Å²) >= 11 is 1.98. The molecule has 2 rings (SSSR count). The van der Waals surface area contributed by atoms with Crippen LogP contribution in [0.1, 0.15) is 6.42 Å². The van der Waals surface area contributed by atoms with Gasteiger partial charge in [-0.25, -0.2) is 0 Å². The maximum atomic E-state index is 9.19. The maximum absolute atomic E-state index is 9.19. The lowest BCUT2D eigenvalue weighted by molar-refractivity contribution is 0.180. The van der Waals surface area contributed by atoms with Crippen LogP contribution in [0.2, 0.25) is 0 Å². The predicted molar refractivity (Wildman–Crippen MR) is 55.2 cm³/mol. The van der Waals surface area contributed by atoms with Crippen LogP contribution in [0.4, 0.5) is 0 Å². The number of hydrogen-bond acceptors (Lipinski definition) is 5. The van der Waals surface area contributed by atoms with Gasteiger partial charge < -0.3 is 15.7 Å². The highest BCUT2D eigenvalue weighted by Gasteiger charge is 2.18. The van der Waals surface area contributed by atoms with Gasteiger partial charge in [-0.05, 0) is 12.2 Å². The fraction of sp³-hybridized carbons (Fsp3) is 0.875. The van der Waals surface area contributed by atoms with Gasteiger partial charge in [0.15, 0.2) is 5.96 Å². The highest BCUT2D eigenvalue weighted by molar-refractivity contribution is 7.99. The van der Waals surface area contributed by atoms with E-state index >= 15 is 0 Å². The van der Waals surface area contributed by atoms with E-state index in [0.717, 1.165) is 5.96 Å². The SMILES string of the molecule is OC1CN=C(NC2CCSC2)NC1. The van der Waals surface area contributed by atoms with E-state index in [4.69, 9.17) is 0 Å². The van der Waals surface area contributed by atoms with Crippen LogP contribution in [0, 0.1) is 0 Å². The fourth-order valence-corrected chi connectivity index (χ4v) is 2.62. The molecule has 4 nitrogen and oxygen atoms in total. The monoisotopic (exact) mass is 201 g/mol. The zero-order valence-corrected chi connectivity index (χ0v) is 8.31. The number of guanidine groups is 1. The van der Waals surface area contributed by atoms with Crippen LogP contribution < -0.4 is 10.6 Å². The fourth-order valence-electron chi connectivity index (χ4n) is 1.47. The summed E-state index contributed by atoms with van der Waals surface area (Å²) in [5.41, 5.74) is 0. The molecule has 0 spiro atoms. The first kappa shape index (κ1) is 9.15. The summed E-state index contributed by atoms with van der Waals surface area (Å²) in [7, 11) is 0. The molecule has 2 aliphatic heterocycles. The second-order valence-electron chi connectivity index (χ2n) is 3.43. The Balaban J connectivity index is 1.80. The molecule has 2 heterocycles. The van der Waals surface area contributed by atoms with Crippen LogP contribution in [-0.4, -0.2) is 47.8 Å². The maximum Gasteiger partial charge on any atom is 0.191 e. The van der Waals surface area contributed by atoms with Gasteiger partial charge in [-0.1, -0.05) is 0 Å². The second-order valence-corrected chi connectivity index (χ2v) is 4.58. The number of aliphatic imine (C=N–C) groups is 1. The van der Waals surface area contributed by atoms with E-state index < -0.39 is 0 Å². The number of nitrogens with zero attached hydrogens (tertiary/aromatic N) is 1. The molecule has 2 unspecified atom stereocenters. The average molecular weight is 201 g/mol. The normalized spacial score (nSPS) is 33.8. The van der Waals surface area contributed by atoms with Crippen molar-refractivity contribution in [1.82, 2.24) is 10.6 Å². The summed E-state index contributed by atoms with van der Waals surface area (Å²) in [5, 5.41) is 15.6. The molecule has 0 radical (unpaired) electrons. The van der Waals surface area contributed by atoms with Gasteiger partial charge in [-0.3, -0.25) is 4.99 Å². The van der Waals surface area contributed by atoms with Crippen LogP contribution in [-0.2, 0) is 0 Å². The van der Waals surface area contributed by atoms with Gasteiger partial charge in [0.1, 0.15) is 0 Å². The lowest BCUT2D eigenvalue weighted by atomic mass is 10.2. The number of nitrogens with one attached hydrogen (secondary N) is 2. The molecule has 5 heteroatoms. The van der Waals surface area contributed by atoms with Crippen LogP contribution in [0.3, 0.4) is 0 Å². The second kappa shape index (κ2) is 4.19. The Morgan fingerprint density at radius 3 is 3.15 bits per heavy atom. The third-order valence-electron chi connectivity index (χ3n) is 2.24. The number of hydrogen-bond donors (Lipinski definition) is 3. The minimum atomic E-state index is -0.316. The molecule has 2 atom stereocenters. The third kappa shape index (κ3) is 2.51. The molecule has 74 valence electrons. The van der Waals surface area contributed by atoms with Crippen LogP contribution >= 0.6 is 11.8 Å². The van der Waals surface area contributed by atoms with Gasteiger partial charge in [0.2, 0.25) is 0 Å². The number of thioether (sulfide) groups is 1. The van der Waals surface area contributed by atoms with Crippen molar-refractivity contribution in [2.45, 2.75) is 18.6 Å². The van der Waals surface area contributed by atoms with Crippen LogP contribution in [0.25, 0.3) is 0 Å². The van der Waals surface area contributed by atoms with Crippen molar-refractivity contribution in [3.63, 3.8) is 0 Å². The molecule has 0 aliphatic carbocycles. The third-order valence-corrected chi connectivity index (χ3v) is 3.40.